The Kier molecular flexibility index (Phi) is 7.08. The van der Waals surface area contributed by atoms with Crippen molar-refractivity contribution in [1.82, 2.24) is 10.3 Å². The Morgan fingerprint density at radius 2 is 2.07 bits per heavy atom. The van der Waals surface area contributed by atoms with Crippen LogP contribution in [-0.4, -0.2) is 39.9 Å². The summed E-state index contributed by atoms with van der Waals surface area (Å²) < 4.78 is 8.44. The van der Waals surface area contributed by atoms with Crippen molar-refractivity contribution < 1.29 is 9.53 Å². The maximum absolute atomic E-state index is 12.3. The van der Waals surface area contributed by atoms with E-state index in [2.05, 4.69) is 36.4 Å². The minimum Gasteiger partial charge on any atom is -0.494 e. The van der Waals surface area contributed by atoms with Crippen molar-refractivity contribution >= 4 is 77.8 Å². The van der Waals surface area contributed by atoms with Crippen molar-refractivity contribution in [2.45, 2.75) is 11.3 Å². The number of fused-ring (bicyclic) bond motifs is 1. The van der Waals surface area contributed by atoms with E-state index in [9.17, 15) is 4.79 Å². The molecule has 0 atom stereocenters. The highest BCUT2D eigenvalue weighted by Crippen LogP contribution is 2.31. The molecule has 0 spiro atoms. The van der Waals surface area contributed by atoms with Crippen molar-refractivity contribution in [3.63, 3.8) is 0 Å². The summed E-state index contributed by atoms with van der Waals surface area (Å²) in [7, 11) is 0. The molecule has 0 saturated carbocycles. The fraction of sp³-hybridized carbons (Fsp3) is 0.200. The highest BCUT2D eigenvalue weighted by molar-refractivity contribution is 9.10. The zero-order chi connectivity index (χ0) is 20.9. The highest BCUT2D eigenvalue weighted by Gasteiger charge is 2.15. The summed E-state index contributed by atoms with van der Waals surface area (Å²) in [6, 6.07) is 13.8. The number of halogens is 1. The van der Waals surface area contributed by atoms with Gasteiger partial charge in [-0.25, -0.2) is 4.98 Å². The van der Waals surface area contributed by atoms with Gasteiger partial charge in [0, 0.05) is 10.2 Å². The van der Waals surface area contributed by atoms with Gasteiger partial charge in [0.15, 0.2) is 9.51 Å². The molecule has 30 heavy (non-hydrogen) atoms. The maximum atomic E-state index is 12.3. The fourth-order valence-corrected chi connectivity index (χ4v) is 5.57. The number of hydrogen-bond acceptors (Lipinski definition) is 8. The second-order valence-corrected chi connectivity index (χ2v) is 10.3. The number of rotatable bonds is 6. The lowest BCUT2D eigenvalue weighted by atomic mass is 10.1. The van der Waals surface area contributed by atoms with Gasteiger partial charge in [0.2, 0.25) is 5.91 Å². The number of hydrogen-bond donors (Lipinski definition) is 1. The number of carbonyl (C=O) groups excluding carboxylic acids is 1. The van der Waals surface area contributed by atoms with E-state index in [4.69, 9.17) is 4.74 Å². The summed E-state index contributed by atoms with van der Waals surface area (Å²) in [4.78, 5) is 16.9. The third-order valence-corrected chi connectivity index (χ3v) is 7.57. The number of aromatic nitrogens is 1. The minimum atomic E-state index is -0.122. The Hall–Kier alpha value is -1.88. The number of thiazole rings is 1. The van der Waals surface area contributed by atoms with Crippen LogP contribution < -0.4 is 10.1 Å². The molecule has 1 aliphatic heterocycles. The summed E-state index contributed by atoms with van der Waals surface area (Å²) in [5.74, 6) is 1.63. The Labute approximate surface area is 194 Å². The van der Waals surface area contributed by atoms with Crippen molar-refractivity contribution in [1.29, 1.82) is 0 Å². The first kappa shape index (κ1) is 21.4. The van der Waals surface area contributed by atoms with Crippen LogP contribution in [0.2, 0.25) is 0 Å². The van der Waals surface area contributed by atoms with E-state index in [0.29, 0.717) is 17.5 Å². The number of amides is 1. The minimum absolute atomic E-state index is 0.122. The number of nitrogens with zero attached hydrogens (tertiary/aromatic N) is 3. The maximum Gasteiger partial charge on any atom is 0.236 e. The highest BCUT2D eigenvalue weighted by atomic mass is 79.9. The van der Waals surface area contributed by atoms with Gasteiger partial charge in [0.05, 0.1) is 28.3 Å². The molecule has 1 N–H and O–H groups in total. The number of thioether (sulfide) groups is 2. The molecule has 0 bridgehead atoms. The van der Waals surface area contributed by atoms with Gasteiger partial charge >= 0.3 is 0 Å². The third-order valence-electron chi connectivity index (χ3n) is 4.01. The summed E-state index contributed by atoms with van der Waals surface area (Å²) in [6.45, 7) is 2.58. The Morgan fingerprint density at radius 3 is 2.80 bits per heavy atom. The molecule has 4 rings (SSSR count). The molecule has 3 aromatic rings. The number of nitrogens with one attached hydrogen (secondary N) is 1. The normalized spacial score (nSPS) is 13.7. The van der Waals surface area contributed by atoms with Gasteiger partial charge in [0.25, 0.3) is 0 Å². The average molecular weight is 521 g/mol. The lowest BCUT2D eigenvalue weighted by Gasteiger charge is -2.12. The molecular weight excluding hydrogens is 504 g/mol. The van der Waals surface area contributed by atoms with E-state index < -0.39 is 0 Å². The quantitative estimate of drug-likeness (QED) is 0.453. The number of ether oxygens (including phenoxy) is 1. The van der Waals surface area contributed by atoms with Crippen LogP contribution >= 0.6 is 50.8 Å². The second-order valence-electron chi connectivity index (χ2n) is 6.13. The van der Waals surface area contributed by atoms with Crippen LogP contribution in [0, 0.1) is 0 Å². The monoisotopic (exact) mass is 520 g/mol. The van der Waals surface area contributed by atoms with E-state index >= 15 is 0 Å². The SMILES string of the molecule is CCOc1ccc2nc(SCC(=O)NC3=NN=C(c4ccc(Br)cc4)CS3)sc2c1. The van der Waals surface area contributed by atoms with Gasteiger partial charge in [-0.15, -0.1) is 16.4 Å². The van der Waals surface area contributed by atoms with E-state index in [1.54, 1.807) is 11.3 Å². The van der Waals surface area contributed by atoms with Crippen molar-refractivity contribution in [3.05, 3.63) is 52.5 Å². The van der Waals surface area contributed by atoms with Crippen LogP contribution in [0.25, 0.3) is 10.2 Å². The predicted molar refractivity (Wildman–Crippen MR) is 130 cm³/mol. The predicted octanol–water partition coefficient (Wildman–Crippen LogP) is 5.17. The smallest absolute Gasteiger partial charge is 0.236 e. The standard InChI is InChI=1S/C20H17BrN4O2S3/c1-2-27-14-7-8-15-17(9-14)30-20(22-15)29-11-18(26)23-19-25-24-16(10-28-19)12-3-5-13(21)6-4-12/h3-9H,2,10-11H2,1H3,(H,23,25,26). The lowest BCUT2D eigenvalue weighted by Crippen LogP contribution is -2.31. The van der Waals surface area contributed by atoms with Crippen LogP contribution in [0.3, 0.4) is 0 Å². The van der Waals surface area contributed by atoms with E-state index in [1.807, 2.05) is 49.4 Å². The van der Waals surface area contributed by atoms with Crippen LogP contribution in [0.4, 0.5) is 0 Å². The summed E-state index contributed by atoms with van der Waals surface area (Å²) >= 11 is 7.86. The third kappa shape index (κ3) is 5.42. The van der Waals surface area contributed by atoms with Crippen LogP contribution in [0.15, 0.2) is 61.5 Å². The molecule has 2 aromatic carbocycles. The molecule has 10 heteroatoms. The Bertz CT molecular complexity index is 1130. The number of carbonyl (C=O) groups is 1. The van der Waals surface area contributed by atoms with E-state index in [1.165, 1.54) is 23.5 Å². The summed E-state index contributed by atoms with van der Waals surface area (Å²) in [6.07, 6.45) is 0. The Morgan fingerprint density at radius 1 is 1.23 bits per heavy atom. The zero-order valence-corrected chi connectivity index (χ0v) is 20.0. The van der Waals surface area contributed by atoms with Gasteiger partial charge < -0.3 is 10.1 Å². The van der Waals surface area contributed by atoms with E-state index in [-0.39, 0.29) is 11.7 Å². The van der Waals surface area contributed by atoms with Gasteiger partial charge in [-0.1, -0.05) is 51.6 Å². The first-order valence-corrected chi connectivity index (χ1v) is 12.7. The molecule has 1 amide bonds. The lowest BCUT2D eigenvalue weighted by molar-refractivity contribution is -0.117. The van der Waals surface area contributed by atoms with Crippen LogP contribution in [-0.2, 0) is 4.79 Å². The molecule has 6 nitrogen and oxygen atoms in total. The van der Waals surface area contributed by atoms with Crippen LogP contribution in [0.1, 0.15) is 12.5 Å². The first-order valence-electron chi connectivity index (χ1n) is 9.10. The fourth-order valence-electron chi connectivity index (χ4n) is 2.63. The second kappa shape index (κ2) is 9.95. The molecule has 0 unspecified atom stereocenters. The topological polar surface area (TPSA) is 75.9 Å². The molecule has 1 aromatic heterocycles. The van der Waals surface area contributed by atoms with Gasteiger partial charge in [-0.3, -0.25) is 4.79 Å². The van der Waals surface area contributed by atoms with Crippen LogP contribution in [0.5, 0.6) is 5.75 Å². The van der Waals surface area contributed by atoms with Gasteiger partial charge in [0.1, 0.15) is 5.75 Å². The van der Waals surface area contributed by atoms with Crippen molar-refractivity contribution in [2.75, 3.05) is 18.1 Å². The zero-order valence-electron chi connectivity index (χ0n) is 15.9. The van der Waals surface area contributed by atoms with Crippen molar-refractivity contribution in [3.8, 4) is 5.75 Å². The number of amidine groups is 1. The molecule has 1 aliphatic rings. The largest absolute Gasteiger partial charge is 0.494 e. The number of benzene rings is 2. The summed E-state index contributed by atoms with van der Waals surface area (Å²) in [5, 5.41) is 11.8. The molecule has 2 heterocycles. The van der Waals surface area contributed by atoms with E-state index in [0.717, 1.165) is 36.1 Å². The Balaban J connectivity index is 1.32. The van der Waals surface area contributed by atoms with Crippen molar-refractivity contribution in [2.24, 2.45) is 10.2 Å². The molecule has 154 valence electrons. The summed E-state index contributed by atoms with van der Waals surface area (Å²) in [5.41, 5.74) is 2.83. The molecule has 0 radical (unpaired) electrons. The van der Waals surface area contributed by atoms with Gasteiger partial charge in [-0.2, -0.15) is 5.10 Å². The first-order chi connectivity index (χ1) is 14.6. The molecule has 0 saturated heterocycles. The molecule has 0 aliphatic carbocycles. The molecule has 0 fully saturated rings. The molecular formula is C20H17BrN4O2S3. The average Bonchev–Trinajstić information content (AvgIpc) is 3.16. The van der Waals surface area contributed by atoms with Gasteiger partial charge in [-0.05, 0) is 42.8 Å².